The van der Waals surface area contributed by atoms with E-state index in [2.05, 4.69) is 15.3 Å². The van der Waals surface area contributed by atoms with Crippen LogP contribution in [0.15, 0.2) is 64.3 Å². The molecule has 4 aromatic rings. The van der Waals surface area contributed by atoms with E-state index in [4.69, 9.17) is 4.42 Å². The number of fused-ring (bicyclic) bond motifs is 3. The molecule has 7 heteroatoms. The highest BCUT2D eigenvalue weighted by Gasteiger charge is 2.14. The number of rotatable bonds is 3. The number of benzene rings is 1. The van der Waals surface area contributed by atoms with Crippen LogP contribution in [-0.2, 0) is 11.3 Å². The minimum atomic E-state index is -0.388. The maximum absolute atomic E-state index is 12.5. The lowest BCUT2D eigenvalue weighted by atomic mass is 10.2. The van der Waals surface area contributed by atoms with Gasteiger partial charge in [0.2, 0.25) is 11.5 Å². The smallest absolute Gasteiger partial charge is 0.297 e. The highest BCUT2D eigenvalue weighted by molar-refractivity contribution is 6.01. The van der Waals surface area contributed by atoms with E-state index >= 15 is 0 Å². The fourth-order valence-electron chi connectivity index (χ4n) is 2.52. The molecule has 0 aliphatic carbocycles. The average Bonchev–Trinajstić information content (AvgIpc) is 2.98. The van der Waals surface area contributed by atoms with Crippen molar-refractivity contribution in [3.63, 3.8) is 0 Å². The summed E-state index contributed by atoms with van der Waals surface area (Å²) in [6.07, 6.45) is 4.51. The molecule has 0 radical (unpaired) electrons. The molecular formula is C17H12N4O3. The van der Waals surface area contributed by atoms with Crippen LogP contribution in [0, 0.1) is 0 Å². The SMILES string of the molecule is O=C(Cn1cnc2c(oc3ccccc32)c1=O)Nc1ccncc1. The number of amides is 1. The van der Waals surface area contributed by atoms with Gasteiger partial charge in [0.25, 0.3) is 5.56 Å². The number of anilines is 1. The Bertz CT molecular complexity index is 1100. The first kappa shape index (κ1) is 14.1. The molecular weight excluding hydrogens is 308 g/mol. The second kappa shape index (κ2) is 5.62. The van der Waals surface area contributed by atoms with Gasteiger partial charge in [-0.1, -0.05) is 12.1 Å². The van der Waals surface area contributed by atoms with E-state index in [-0.39, 0.29) is 23.6 Å². The number of carbonyl (C=O) groups is 1. The third kappa shape index (κ3) is 2.41. The number of furan rings is 1. The molecule has 1 amide bonds. The Morgan fingerprint density at radius 1 is 1.17 bits per heavy atom. The van der Waals surface area contributed by atoms with Gasteiger partial charge in [-0.2, -0.15) is 0 Å². The van der Waals surface area contributed by atoms with E-state index in [1.54, 1.807) is 30.6 Å². The lowest BCUT2D eigenvalue weighted by Gasteiger charge is -2.06. The van der Waals surface area contributed by atoms with Crippen LogP contribution in [0.2, 0.25) is 0 Å². The number of pyridine rings is 1. The van der Waals surface area contributed by atoms with E-state index in [1.807, 2.05) is 18.2 Å². The number of aromatic nitrogens is 3. The fourth-order valence-corrected chi connectivity index (χ4v) is 2.52. The Labute approximate surface area is 135 Å². The van der Waals surface area contributed by atoms with Gasteiger partial charge in [-0.25, -0.2) is 4.98 Å². The molecule has 0 spiro atoms. The lowest BCUT2D eigenvalue weighted by Crippen LogP contribution is -2.27. The van der Waals surface area contributed by atoms with Crippen LogP contribution >= 0.6 is 0 Å². The van der Waals surface area contributed by atoms with Crippen molar-refractivity contribution < 1.29 is 9.21 Å². The maximum Gasteiger partial charge on any atom is 0.297 e. The van der Waals surface area contributed by atoms with Crippen molar-refractivity contribution in [2.24, 2.45) is 0 Å². The molecule has 24 heavy (non-hydrogen) atoms. The van der Waals surface area contributed by atoms with E-state index in [0.717, 1.165) is 5.39 Å². The quantitative estimate of drug-likeness (QED) is 0.625. The molecule has 3 aromatic heterocycles. The first-order valence-corrected chi connectivity index (χ1v) is 7.29. The summed E-state index contributed by atoms with van der Waals surface area (Å²) in [4.78, 5) is 32.8. The Morgan fingerprint density at radius 3 is 2.79 bits per heavy atom. The van der Waals surface area contributed by atoms with Crippen LogP contribution in [-0.4, -0.2) is 20.4 Å². The Hall–Kier alpha value is -3.48. The van der Waals surface area contributed by atoms with Gasteiger partial charge in [0.05, 0.1) is 6.33 Å². The minimum Gasteiger partial charge on any atom is -0.448 e. The second-order valence-electron chi connectivity index (χ2n) is 5.24. The number of nitrogens with one attached hydrogen (secondary N) is 1. The van der Waals surface area contributed by atoms with Crippen molar-refractivity contribution in [3.05, 3.63) is 65.5 Å². The molecule has 0 saturated heterocycles. The Balaban J connectivity index is 1.67. The van der Waals surface area contributed by atoms with Gasteiger partial charge in [-0.3, -0.25) is 19.1 Å². The number of hydrogen-bond acceptors (Lipinski definition) is 5. The molecule has 7 nitrogen and oxygen atoms in total. The van der Waals surface area contributed by atoms with Crippen LogP contribution < -0.4 is 10.9 Å². The van der Waals surface area contributed by atoms with E-state index in [9.17, 15) is 9.59 Å². The molecule has 0 bridgehead atoms. The van der Waals surface area contributed by atoms with Gasteiger partial charge in [0, 0.05) is 23.5 Å². The molecule has 1 aromatic carbocycles. The van der Waals surface area contributed by atoms with Gasteiger partial charge in [-0.05, 0) is 24.3 Å². The number of carbonyl (C=O) groups excluding carboxylic acids is 1. The molecule has 0 unspecified atom stereocenters. The monoisotopic (exact) mass is 320 g/mol. The van der Waals surface area contributed by atoms with Gasteiger partial charge in [0.1, 0.15) is 17.6 Å². The van der Waals surface area contributed by atoms with Gasteiger partial charge in [-0.15, -0.1) is 0 Å². The first-order chi connectivity index (χ1) is 11.7. The normalized spacial score (nSPS) is 11.0. The summed E-state index contributed by atoms with van der Waals surface area (Å²) >= 11 is 0. The predicted octanol–water partition coefficient (Wildman–Crippen LogP) is 2.18. The number of para-hydroxylation sites is 1. The van der Waals surface area contributed by atoms with Gasteiger partial charge in [0.15, 0.2) is 0 Å². The molecule has 0 atom stereocenters. The topological polar surface area (TPSA) is 90.0 Å². The second-order valence-corrected chi connectivity index (χ2v) is 5.24. The molecule has 0 fully saturated rings. The maximum atomic E-state index is 12.5. The Morgan fingerprint density at radius 2 is 1.96 bits per heavy atom. The third-order valence-corrected chi connectivity index (χ3v) is 3.63. The molecule has 0 saturated carbocycles. The number of nitrogens with zero attached hydrogens (tertiary/aromatic N) is 3. The third-order valence-electron chi connectivity index (χ3n) is 3.63. The van der Waals surface area contributed by atoms with Crippen molar-refractivity contribution in [2.75, 3.05) is 5.32 Å². The predicted molar refractivity (Wildman–Crippen MR) is 88.6 cm³/mol. The highest BCUT2D eigenvalue weighted by Crippen LogP contribution is 2.23. The van der Waals surface area contributed by atoms with Crippen molar-refractivity contribution in [2.45, 2.75) is 6.54 Å². The fraction of sp³-hybridized carbons (Fsp3) is 0.0588. The molecule has 3 heterocycles. The van der Waals surface area contributed by atoms with Crippen LogP contribution in [0.1, 0.15) is 0 Å². The summed E-state index contributed by atoms with van der Waals surface area (Å²) in [5.74, 6) is -0.333. The zero-order valence-corrected chi connectivity index (χ0v) is 12.5. The summed E-state index contributed by atoms with van der Waals surface area (Å²) in [7, 11) is 0. The largest absolute Gasteiger partial charge is 0.448 e. The summed E-state index contributed by atoms with van der Waals surface area (Å²) in [6, 6.07) is 10.6. The van der Waals surface area contributed by atoms with Crippen LogP contribution in [0.4, 0.5) is 5.69 Å². The summed E-state index contributed by atoms with van der Waals surface area (Å²) in [5.41, 5.74) is 1.47. The van der Waals surface area contributed by atoms with Gasteiger partial charge < -0.3 is 9.73 Å². The van der Waals surface area contributed by atoms with E-state index in [1.165, 1.54) is 10.9 Å². The van der Waals surface area contributed by atoms with Gasteiger partial charge >= 0.3 is 0 Å². The summed E-state index contributed by atoms with van der Waals surface area (Å²) in [6.45, 7) is -0.152. The average molecular weight is 320 g/mol. The molecule has 1 N–H and O–H groups in total. The van der Waals surface area contributed by atoms with Crippen molar-refractivity contribution in [1.29, 1.82) is 0 Å². The molecule has 4 rings (SSSR count). The molecule has 118 valence electrons. The van der Waals surface area contributed by atoms with E-state index < -0.39 is 0 Å². The standard InChI is InChI=1S/C17H12N4O3/c22-14(20-11-5-7-18-8-6-11)9-21-10-19-15-12-3-1-2-4-13(12)24-16(15)17(21)23/h1-8,10H,9H2,(H,18,20,22). The van der Waals surface area contributed by atoms with Crippen molar-refractivity contribution >= 4 is 33.7 Å². The zero-order chi connectivity index (χ0) is 16.5. The highest BCUT2D eigenvalue weighted by atomic mass is 16.3. The molecule has 0 aliphatic heterocycles. The first-order valence-electron chi connectivity index (χ1n) is 7.29. The van der Waals surface area contributed by atoms with Crippen molar-refractivity contribution in [1.82, 2.24) is 14.5 Å². The molecule has 0 aliphatic rings. The minimum absolute atomic E-state index is 0.149. The summed E-state index contributed by atoms with van der Waals surface area (Å²) in [5, 5.41) is 3.47. The summed E-state index contributed by atoms with van der Waals surface area (Å²) < 4.78 is 6.81. The number of hydrogen-bond donors (Lipinski definition) is 1. The zero-order valence-electron chi connectivity index (χ0n) is 12.5. The van der Waals surface area contributed by atoms with E-state index in [0.29, 0.717) is 16.8 Å². The van der Waals surface area contributed by atoms with Crippen molar-refractivity contribution in [3.8, 4) is 0 Å². The lowest BCUT2D eigenvalue weighted by molar-refractivity contribution is -0.116. The van der Waals surface area contributed by atoms with Crippen LogP contribution in [0.5, 0.6) is 0 Å². The van der Waals surface area contributed by atoms with Crippen LogP contribution in [0.25, 0.3) is 22.1 Å². The Kier molecular flexibility index (Phi) is 3.31. The van der Waals surface area contributed by atoms with Crippen LogP contribution in [0.3, 0.4) is 0 Å².